The maximum atomic E-state index is 11.3. The molecule has 0 aliphatic carbocycles. The van der Waals surface area contributed by atoms with Crippen LogP contribution in [0.25, 0.3) is 0 Å². The molecule has 146 valence electrons. The predicted octanol–water partition coefficient (Wildman–Crippen LogP) is 5.80. The fraction of sp³-hybridized carbons (Fsp3) is 0.591. The molecule has 0 aromatic heterocycles. The second-order valence-electron chi connectivity index (χ2n) is 8.41. The van der Waals surface area contributed by atoms with Crippen molar-refractivity contribution >= 4 is 14.6 Å². The molecule has 0 spiro atoms. The van der Waals surface area contributed by atoms with E-state index in [0.29, 0.717) is 6.61 Å². The lowest BCUT2D eigenvalue weighted by Gasteiger charge is -2.35. The van der Waals surface area contributed by atoms with E-state index in [2.05, 4.69) is 58.2 Å². The molecular weight excluding hydrogens is 340 g/mol. The van der Waals surface area contributed by atoms with E-state index in [4.69, 9.17) is 9.16 Å². The Kier molecular flexibility index (Phi) is 9.30. The summed E-state index contributed by atoms with van der Waals surface area (Å²) in [6, 6.07) is 8.15. The van der Waals surface area contributed by atoms with Crippen LogP contribution in [0, 0.1) is 5.92 Å². The van der Waals surface area contributed by atoms with E-state index in [0.717, 1.165) is 37.7 Å². The van der Waals surface area contributed by atoms with Crippen LogP contribution in [0.1, 0.15) is 45.6 Å². The minimum Gasteiger partial charge on any atom is -0.497 e. The highest BCUT2D eigenvalue weighted by atomic mass is 28.4. The molecule has 1 atom stereocenters. The molecule has 0 amide bonds. The number of aldehydes is 1. The Balaban J connectivity index is 2.30. The van der Waals surface area contributed by atoms with Gasteiger partial charge in [0.15, 0.2) is 8.32 Å². The van der Waals surface area contributed by atoms with Gasteiger partial charge in [0.1, 0.15) is 12.0 Å². The molecule has 0 bridgehead atoms. The van der Waals surface area contributed by atoms with Crippen LogP contribution >= 0.6 is 0 Å². The van der Waals surface area contributed by atoms with E-state index < -0.39 is 8.32 Å². The normalized spacial score (nSPS) is 13.8. The summed E-state index contributed by atoms with van der Waals surface area (Å²) in [5.41, 5.74) is 1.29. The van der Waals surface area contributed by atoms with Crippen molar-refractivity contribution < 1.29 is 14.0 Å². The van der Waals surface area contributed by atoms with Crippen molar-refractivity contribution in [3.63, 3.8) is 0 Å². The Morgan fingerprint density at radius 1 is 1.12 bits per heavy atom. The summed E-state index contributed by atoms with van der Waals surface area (Å²) in [5, 5.41) is 0.230. The molecule has 1 rings (SSSR count). The number of ether oxygens (including phenoxy) is 1. The minimum atomic E-state index is -1.69. The molecule has 26 heavy (non-hydrogen) atoms. The summed E-state index contributed by atoms with van der Waals surface area (Å²) in [4.78, 5) is 11.3. The third-order valence-electron chi connectivity index (χ3n) is 5.34. The van der Waals surface area contributed by atoms with Crippen molar-refractivity contribution in [2.75, 3.05) is 13.7 Å². The van der Waals surface area contributed by atoms with Crippen molar-refractivity contribution in [2.45, 2.75) is 64.6 Å². The second kappa shape index (κ2) is 10.7. The summed E-state index contributed by atoms with van der Waals surface area (Å²) in [7, 11) is -0.0104. The number of hydrogen-bond acceptors (Lipinski definition) is 3. The molecule has 4 heteroatoms. The zero-order chi connectivity index (χ0) is 19.6. The van der Waals surface area contributed by atoms with Gasteiger partial charge in [-0.25, -0.2) is 0 Å². The number of carbonyl (C=O) groups excluding carboxylic acids is 1. The van der Waals surface area contributed by atoms with Crippen LogP contribution < -0.4 is 4.74 Å². The SMILES string of the molecule is COc1ccc(CCC[C@H](C=O)C/C=C/CO[Si](C)(C)C(C)(C)C)cc1. The average Bonchev–Trinajstić information content (AvgIpc) is 2.59. The van der Waals surface area contributed by atoms with E-state index in [-0.39, 0.29) is 11.0 Å². The Labute approximate surface area is 160 Å². The smallest absolute Gasteiger partial charge is 0.192 e. The first-order valence-electron chi connectivity index (χ1n) is 9.57. The zero-order valence-corrected chi connectivity index (χ0v) is 18.4. The third kappa shape index (κ3) is 7.88. The molecule has 0 saturated carbocycles. The number of benzene rings is 1. The minimum absolute atomic E-state index is 0.0948. The summed E-state index contributed by atoms with van der Waals surface area (Å²) < 4.78 is 11.3. The number of hydrogen-bond donors (Lipinski definition) is 0. The average molecular weight is 377 g/mol. The summed E-state index contributed by atoms with van der Waals surface area (Å²) in [6.45, 7) is 11.9. The van der Waals surface area contributed by atoms with Crippen LogP contribution in [0.2, 0.25) is 18.1 Å². The van der Waals surface area contributed by atoms with Crippen molar-refractivity contribution in [1.82, 2.24) is 0 Å². The van der Waals surface area contributed by atoms with E-state index in [1.54, 1.807) is 7.11 Å². The van der Waals surface area contributed by atoms with Crippen LogP contribution in [-0.2, 0) is 15.6 Å². The fourth-order valence-corrected chi connectivity index (χ4v) is 3.36. The Morgan fingerprint density at radius 3 is 2.31 bits per heavy atom. The first kappa shape index (κ1) is 22.6. The Hall–Kier alpha value is -1.39. The number of carbonyl (C=O) groups is 1. The molecular formula is C22H36O3Si. The lowest BCUT2D eigenvalue weighted by atomic mass is 9.98. The largest absolute Gasteiger partial charge is 0.497 e. The molecule has 0 aliphatic heterocycles. The number of allylic oxidation sites excluding steroid dienone is 1. The maximum Gasteiger partial charge on any atom is 0.192 e. The van der Waals surface area contributed by atoms with E-state index in [9.17, 15) is 4.79 Å². The van der Waals surface area contributed by atoms with Crippen molar-refractivity contribution in [3.05, 3.63) is 42.0 Å². The molecule has 0 heterocycles. The van der Waals surface area contributed by atoms with Gasteiger partial charge in [-0.3, -0.25) is 0 Å². The Bertz CT molecular complexity index is 556. The monoisotopic (exact) mass is 376 g/mol. The fourth-order valence-electron chi connectivity index (χ4n) is 2.41. The van der Waals surface area contributed by atoms with Gasteiger partial charge in [-0.2, -0.15) is 0 Å². The summed E-state index contributed by atoms with van der Waals surface area (Å²) >= 11 is 0. The Morgan fingerprint density at radius 2 is 1.77 bits per heavy atom. The maximum absolute atomic E-state index is 11.3. The number of methoxy groups -OCH3 is 1. The van der Waals surface area contributed by atoms with E-state index >= 15 is 0 Å². The van der Waals surface area contributed by atoms with Gasteiger partial charge >= 0.3 is 0 Å². The van der Waals surface area contributed by atoms with E-state index in [1.165, 1.54) is 5.56 Å². The highest BCUT2D eigenvalue weighted by Crippen LogP contribution is 2.36. The molecule has 0 aliphatic rings. The third-order valence-corrected chi connectivity index (χ3v) is 9.84. The molecule has 1 aromatic carbocycles. The van der Waals surface area contributed by atoms with E-state index in [1.807, 2.05) is 12.1 Å². The second-order valence-corrected chi connectivity index (χ2v) is 13.2. The van der Waals surface area contributed by atoms with Gasteiger partial charge in [0.05, 0.1) is 13.7 Å². The summed E-state index contributed by atoms with van der Waals surface area (Å²) in [6.07, 6.45) is 8.99. The topological polar surface area (TPSA) is 35.5 Å². The highest BCUT2D eigenvalue weighted by Gasteiger charge is 2.36. The highest BCUT2D eigenvalue weighted by molar-refractivity contribution is 6.74. The molecule has 0 radical (unpaired) electrons. The summed E-state index contributed by atoms with van der Waals surface area (Å²) in [5.74, 6) is 0.974. The first-order chi connectivity index (χ1) is 12.2. The van der Waals surface area contributed by atoms with Crippen molar-refractivity contribution in [2.24, 2.45) is 5.92 Å². The van der Waals surface area contributed by atoms with Gasteiger partial charge in [-0.1, -0.05) is 45.1 Å². The number of rotatable bonds is 11. The molecule has 0 saturated heterocycles. The van der Waals surface area contributed by atoms with Crippen LogP contribution in [-0.4, -0.2) is 28.3 Å². The molecule has 0 N–H and O–H groups in total. The van der Waals surface area contributed by atoms with Gasteiger partial charge < -0.3 is 14.0 Å². The lowest BCUT2D eigenvalue weighted by Crippen LogP contribution is -2.40. The van der Waals surface area contributed by atoms with Crippen LogP contribution in [0.4, 0.5) is 0 Å². The quantitative estimate of drug-likeness (QED) is 0.278. The number of aryl methyl sites for hydroxylation is 1. The van der Waals surface area contributed by atoms with Crippen molar-refractivity contribution in [1.29, 1.82) is 0 Å². The van der Waals surface area contributed by atoms with Crippen molar-refractivity contribution in [3.8, 4) is 5.75 Å². The van der Waals surface area contributed by atoms with Gasteiger partial charge in [0.25, 0.3) is 0 Å². The van der Waals surface area contributed by atoms with Gasteiger partial charge in [-0.05, 0) is 61.5 Å². The molecule has 0 unspecified atom stereocenters. The van der Waals surface area contributed by atoms with Gasteiger partial charge in [0, 0.05) is 5.92 Å². The van der Waals surface area contributed by atoms with Crippen LogP contribution in [0.3, 0.4) is 0 Å². The lowest BCUT2D eigenvalue weighted by molar-refractivity contribution is -0.111. The standard InChI is InChI=1S/C22H36O3Si/c1-22(2,3)26(5,6)25-17-8-7-10-20(18-23)12-9-11-19-13-15-21(24-4)16-14-19/h7-8,13-16,18,20H,9-12,17H2,1-6H3/b8-7+/t20-/m1/s1. The van der Waals surface area contributed by atoms with Crippen LogP contribution in [0.15, 0.2) is 36.4 Å². The molecule has 0 fully saturated rings. The molecule has 1 aromatic rings. The van der Waals surface area contributed by atoms with Gasteiger partial charge in [0.2, 0.25) is 0 Å². The van der Waals surface area contributed by atoms with Crippen LogP contribution in [0.5, 0.6) is 5.75 Å². The molecule has 3 nitrogen and oxygen atoms in total. The zero-order valence-electron chi connectivity index (χ0n) is 17.4. The van der Waals surface area contributed by atoms with Gasteiger partial charge in [-0.15, -0.1) is 0 Å². The predicted molar refractivity (Wildman–Crippen MR) is 112 cm³/mol. The first-order valence-corrected chi connectivity index (χ1v) is 12.5.